The summed E-state index contributed by atoms with van der Waals surface area (Å²) in [5.74, 6) is 4.58. The molecule has 1 fully saturated rings. The Bertz CT molecular complexity index is 366. The molecule has 0 bridgehead atoms. The van der Waals surface area contributed by atoms with E-state index in [0.29, 0.717) is 5.92 Å². The van der Waals surface area contributed by atoms with E-state index in [9.17, 15) is 0 Å². The zero-order valence-corrected chi connectivity index (χ0v) is 11.3. The zero-order chi connectivity index (χ0) is 12.1. The summed E-state index contributed by atoms with van der Waals surface area (Å²) in [6.45, 7) is 3.93. The maximum Gasteiger partial charge on any atom is 0.136 e. The van der Waals surface area contributed by atoms with Crippen molar-refractivity contribution in [3.63, 3.8) is 0 Å². The van der Waals surface area contributed by atoms with Crippen LogP contribution in [0.1, 0.15) is 31.5 Å². The molecule has 94 valence electrons. The fraction of sp³-hybridized carbons (Fsp3) is 0.667. The van der Waals surface area contributed by atoms with Crippen molar-refractivity contribution < 1.29 is 0 Å². The molecule has 1 aromatic rings. The molecule has 1 aliphatic rings. The van der Waals surface area contributed by atoms with Crippen molar-refractivity contribution in [1.82, 2.24) is 9.97 Å². The Balaban J connectivity index is 2.06. The summed E-state index contributed by atoms with van der Waals surface area (Å²) < 4.78 is 0. The van der Waals surface area contributed by atoms with Gasteiger partial charge in [-0.05, 0) is 26.0 Å². The lowest BCUT2D eigenvalue weighted by atomic mass is 10.3. The van der Waals surface area contributed by atoms with E-state index in [1.165, 1.54) is 12.8 Å². The predicted molar refractivity (Wildman–Crippen MR) is 75.0 cm³/mol. The van der Waals surface area contributed by atoms with E-state index in [1.807, 2.05) is 17.8 Å². The minimum Gasteiger partial charge on any atom is -0.370 e. The summed E-state index contributed by atoms with van der Waals surface area (Å²) in [7, 11) is 0. The Morgan fingerprint density at radius 2 is 2.00 bits per heavy atom. The fourth-order valence-corrected chi connectivity index (χ4v) is 1.94. The van der Waals surface area contributed by atoms with Crippen LogP contribution in [0.15, 0.2) is 6.07 Å². The molecule has 5 heteroatoms. The number of anilines is 2. The Morgan fingerprint density at radius 3 is 2.59 bits per heavy atom. The summed E-state index contributed by atoms with van der Waals surface area (Å²) in [6, 6.07) is 2.00. The van der Waals surface area contributed by atoms with E-state index in [4.69, 9.17) is 0 Å². The van der Waals surface area contributed by atoms with Crippen LogP contribution in [0, 0.1) is 0 Å². The van der Waals surface area contributed by atoms with Gasteiger partial charge in [-0.2, -0.15) is 11.8 Å². The van der Waals surface area contributed by atoms with Crippen LogP contribution in [-0.4, -0.2) is 35.1 Å². The van der Waals surface area contributed by atoms with Crippen molar-refractivity contribution in [2.24, 2.45) is 0 Å². The number of nitrogens with one attached hydrogen (secondary N) is 2. The Labute approximate surface area is 107 Å². The van der Waals surface area contributed by atoms with Gasteiger partial charge in [0.1, 0.15) is 17.5 Å². The minimum atomic E-state index is 0.592. The van der Waals surface area contributed by atoms with Gasteiger partial charge in [-0.3, -0.25) is 0 Å². The molecule has 0 aromatic carbocycles. The van der Waals surface area contributed by atoms with Crippen molar-refractivity contribution in [2.45, 2.75) is 25.7 Å². The maximum atomic E-state index is 4.58. The van der Waals surface area contributed by atoms with Gasteiger partial charge in [0.05, 0.1) is 0 Å². The van der Waals surface area contributed by atoms with Crippen molar-refractivity contribution in [2.75, 3.05) is 35.7 Å². The average Bonchev–Trinajstić information content (AvgIpc) is 3.13. The molecule has 4 nitrogen and oxygen atoms in total. The lowest BCUT2D eigenvalue weighted by molar-refractivity contribution is 0.921. The quantitative estimate of drug-likeness (QED) is 0.730. The zero-order valence-electron chi connectivity index (χ0n) is 10.5. The first-order chi connectivity index (χ1) is 8.33. The smallest absolute Gasteiger partial charge is 0.136 e. The van der Waals surface area contributed by atoms with Crippen LogP contribution in [-0.2, 0) is 0 Å². The Morgan fingerprint density at radius 1 is 1.29 bits per heavy atom. The molecular weight excluding hydrogens is 232 g/mol. The average molecular weight is 252 g/mol. The molecule has 1 aromatic heterocycles. The van der Waals surface area contributed by atoms with Crippen molar-refractivity contribution >= 4 is 23.4 Å². The number of nitrogens with zero attached hydrogens (tertiary/aromatic N) is 2. The summed E-state index contributed by atoms with van der Waals surface area (Å²) in [6.07, 6.45) is 4.58. The maximum absolute atomic E-state index is 4.58. The molecule has 0 radical (unpaired) electrons. The second-order valence-corrected chi connectivity index (χ2v) is 5.21. The molecule has 1 saturated carbocycles. The second-order valence-electron chi connectivity index (χ2n) is 4.22. The minimum absolute atomic E-state index is 0.592. The summed E-state index contributed by atoms with van der Waals surface area (Å²) in [4.78, 5) is 9.12. The number of aromatic nitrogens is 2. The highest BCUT2D eigenvalue weighted by molar-refractivity contribution is 7.98. The molecule has 0 unspecified atom stereocenters. The molecule has 2 rings (SSSR count). The van der Waals surface area contributed by atoms with Gasteiger partial charge in [-0.25, -0.2) is 9.97 Å². The van der Waals surface area contributed by atoms with Crippen LogP contribution in [0.2, 0.25) is 0 Å². The van der Waals surface area contributed by atoms with E-state index in [2.05, 4.69) is 33.8 Å². The van der Waals surface area contributed by atoms with Gasteiger partial charge in [0.25, 0.3) is 0 Å². The van der Waals surface area contributed by atoms with Crippen LogP contribution in [0.3, 0.4) is 0 Å². The van der Waals surface area contributed by atoms with Crippen molar-refractivity contribution in [3.05, 3.63) is 11.9 Å². The van der Waals surface area contributed by atoms with Gasteiger partial charge < -0.3 is 10.6 Å². The molecule has 1 aliphatic carbocycles. The van der Waals surface area contributed by atoms with E-state index in [1.54, 1.807) is 0 Å². The number of hydrogen-bond acceptors (Lipinski definition) is 5. The lowest BCUT2D eigenvalue weighted by Crippen LogP contribution is -2.09. The van der Waals surface area contributed by atoms with Gasteiger partial charge in [0.2, 0.25) is 0 Å². The Hall–Kier alpha value is -0.970. The Kier molecular flexibility index (Phi) is 4.48. The molecular formula is C12H20N4S. The standard InChI is InChI=1S/C12H20N4S/c1-3-13-10-8-11(14-6-7-17-2)16-12(15-10)9-4-5-9/h8-9H,3-7H2,1-2H3,(H2,13,14,15,16). The molecule has 0 aliphatic heterocycles. The van der Waals surface area contributed by atoms with Crippen molar-refractivity contribution in [1.29, 1.82) is 0 Å². The molecule has 17 heavy (non-hydrogen) atoms. The predicted octanol–water partition coefficient (Wildman–Crippen LogP) is 2.56. The number of thioether (sulfide) groups is 1. The van der Waals surface area contributed by atoms with Gasteiger partial charge in [-0.1, -0.05) is 0 Å². The fourth-order valence-electron chi connectivity index (χ4n) is 1.63. The highest BCUT2D eigenvalue weighted by Gasteiger charge is 2.27. The summed E-state index contributed by atoms with van der Waals surface area (Å²) in [5, 5.41) is 6.62. The molecule has 0 spiro atoms. The van der Waals surface area contributed by atoms with E-state index >= 15 is 0 Å². The monoisotopic (exact) mass is 252 g/mol. The van der Waals surface area contributed by atoms with Crippen LogP contribution in [0.4, 0.5) is 11.6 Å². The molecule has 2 N–H and O–H groups in total. The second kappa shape index (κ2) is 6.10. The first-order valence-electron chi connectivity index (χ1n) is 6.19. The van der Waals surface area contributed by atoms with Gasteiger partial charge >= 0.3 is 0 Å². The normalized spacial score (nSPS) is 14.7. The number of rotatable bonds is 7. The van der Waals surface area contributed by atoms with Gasteiger partial charge in [0, 0.05) is 30.8 Å². The van der Waals surface area contributed by atoms with E-state index in [-0.39, 0.29) is 0 Å². The molecule has 0 atom stereocenters. The summed E-state index contributed by atoms with van der Waals surface area (Å²) >= 11 is 1.84. The third-order valence-electron chi connectivity index (χ3n) is 2.66. The topological polar surface area (TPSA) is 49.8 Å². The SMILES string of the molecule is CCNc1cc(NCCSC)nc(C2CC2)n1. The van der Waals surface area contributed by atoms with Gasteiger partial charge in [-0.15, -0.1) is 0 Å². The highest BCUT2D eigenvalue weighted by atomic mass is 32.2. The van der Waals surface area contributed by atoms with E-state index < -0.39 is 0 Å². The van der Waals surface area contributed by atoms with E-state index in [0.717, 1.165) is 36.3 Å². The molecule has 0 amide bonds. The molecule has 1 heterocycles. The van der Waals surface area contributed by atoms with Gasteiger partial charge in [0.15, 0.2) is 0 Å². The number of hydrogen-bond donors (Lipinski definition) is 2. The third-order valence-corrected chi connectivity index (χ3v) is 3.27. The highest BCUT2D eigenvalue weighted by Crippen LogP contribution is 2.38. The first kappa shape index (κ1) is 12.5. The van der Waals surface area contributed by atoms with Crippen LogP contribution in [0.25, 0.3) is 0 Å². The van der Waals surface area contributed by atoms with Crippen molar-refractivity contribution in [3.8, 4) is 0 Å². The van der Waals surface area contributed by atoms with Crippen LogP contribution < -0.4 is 10.6 Å². The molecule has 0 saturated heterocycles. The lowest BCUT2D eigenvalue weighted by Gasteiger charge is -2.09. The first-order valence-corrected chi connectivity index (χ1v) is 7.58. The van der Waals surface area contributed by atoms with Crippen LogP contribution in [0.5, 0.6) is 0 Å². The summed E-state index contributed by atoms with van der Waals surface area (Å²) in [5.41, 5.74) is 0. The third kappa shape index (κ3) is 3.77. The largest absolute Gasteiger partial charge is 0.370 e. The van der Waals surface area contributed by atoms with Crippen LogP contribution >= 0.6 is 11.8 Å².